The van der Waals surface area contributed by atoms with Crippen LogP contribution in [0.5, 0.6) is 0 Å². The van der Waals surface area contributed by atoms with Crippen molar-refractivity contribution in [1.29, 1.82) is 0 Å². The molecule has 0 aromatic heterocycles. The first-order valence-electron chi connectivity index (χ1n) is 4.96. The fraction of sp³-hybridized carbons (Fsp3) is 0.727. The van der Waals surface area contributed by atoms with Crippen LogP contribution in [0.25, 0.3) is 0 Å². The average Bonchev–Trinajstić information content (AvgIpc) is 2.07. The SMILES string of the molecule is C[C@H]1[C@H](C#CBr)CN1C(=O)OC(C)(C)C. The van der Waals surface area contributed by atoms with Crippen molar-refractivity contribution in [2.24, 2.45) is 5.92 Å². The van der Waals surface area contributed by atoms with Crippen molar-refractivity contribution in [3.63, 3.8) is 0 Å². The Balaban J connectivity index is 2.48. The summed E-state index contributed by atoms with van der Waals surface area (Å²) in [5, 5.41) is 0. The van der Waals surface area contributed by atoms with Gasteiger partial charge in [-0.3, -0.25) is 0 Å². The molecule has 0 unspecified atom stereocenters. The van der Waals surface area contributed by atoms with Gasteiger partial charge in [-0.15, -0.1) is 0 Å². The molecular formula is C11H16BrNO2. The molecule has 2 atom stereocenters. The Hall–Kier alpha value is -0.690. The van der Waals surface area contributed by atoms with Gasteiger partial charge in [0.2, 0.25) is 0 Å². The number of hydrogen-bond donors (Lipinski definition) is 0. The monoisotopic (exact) mass is 273 g/mol. The van der Waals surface area contributed by atoms with Crippen LogP contribution in [0.3, 0.4) is 0 Å². The van der Waals surface area contributed by atoms with Crippen molar-refractivity contribution in [2.45, 2.75) is 39.3 Å². The zero-order chi connectivity index (χ0) is 11.6. The van der Waals surface area contributed by atoms with Crippen LogP contribution in [0, 0.1) is 16.7 Å². The minimum atomic E-state index is -0.428. The number of nitrogens with zero attached hydrogens (tertiary/aromatic N) is 1. The summed E-state index contributed by atoms with van der Waals surface area (Å²) in [6, 6.07) is 0.143. The lowest BCUT2D eigenvalue weighted by Gasteiger charge is -2.43. The van der Waals surface area contributed by atoms with Gasteiger partial charge in [0.25, 0.3) is 0 Å². The largest absolute Gasteiger partial charge is 0.444 e. The van der Waals surface area contributed by atoms with Crippen molar-refractivity contribution in [3.8, 4) is 10.8 Å². The Morgan fingerprint density at radius 2 is 2.13 bits per heavy atom. The van der Waals surface area contributed by atoms with Crippen LogP contribution in [-0.2, 0) is 4.74 Å². The molecule has 0 aromatic carbocycles. The van der Waals surface area contributed by atoms with Crippen LogP contribution >= 0.6 is 15.9 Å². The van der Waals surface area contributed by atoms with Gasteiger partial charge in [0.1, 0.15) is 5.60 Å². The van der Waals surface area contributed by atoms with E-state index in [1.165, 1.54) is 0 Å². The molecule has 0 N–H and O–H groups in total. The molecule has 3 nitrogen and oxygen atoms in total. The Bertz CT molecular complexity index is 311. The first-order valence-corrected chi connectivity index (χ1v) is 5.75. The third kappa shape index (κ3) is 3.13. The van der Waals surface area contributed by atoms with E-state index in [0.717, 1.165) is 0 Å². The van der Waals surface area contributed by atoms with Crippen molar-refractivity contribution in [1.82, 2.24) is 4.90 Å². The molecule has 1 aliphatic heterocycles. The van der Waals surface area contributed by atoms with Gasteiger partial charge in [-0.05, 0) is 32.5 Å². The lowest BCUT2D eigenvalue weighted by Crippen LogP contribution is -2.57. The van der Waals surface area contributed by atoms with Gasteiger partial charge in [0.05, 0.1) is 5.92 Å². The molecule has 1 saturated heterocycles. The Morgan fingerprint density at radius 1 is 1.53 bits per heavy atom. The standard InChI is InChI=1S/C11H16BrNO2/c1-8-9(5-6-12)7-13(8)10(14)15-11(2,3)4/h8-9H,7H2,1-4H3/t8-,9+/m0/s1. The van der Waals surface area contributed by atoms with E-state index < -0.39 is 5.60 Å². The summed E-state index contributed by atoms with van der Waals surface area (Å²) in [4.78, 5) is 16.0. The molecule has 0 bridgehead atoms. The fourth-order valence-electron chi connectivity index (χ4n) is 1.41. The predicted octanol–water partition coefficient (Wildman–Crippen LogP) is 2.60. The molecule has 1 fully saturated rings. The predicted molar refractivity (Wildman–Crippen MR) is 62.6 cm³/mol. The summed E-state index contributed by atoms with van der Waals surface area (Å²) < 4.78 is 5.27. The lowest BCUT2D eigenvalue weighted by molar-refractivity contribution is -0.0136. The van der Waals surface area contributed by atoms with Crippen LogP contribution < -0.4 is 0 Å². The topological polar surface area (TPSA) is 29.5 Å². The highest BCUT2D eigenvalue weighted by atomic mass is 79.9. The number of amides is 1. The van der Waals surface area contributed by atoms with Gasteiger partial charge in [0, 0.05) is 28.5 Å². The van der Waals surface area contributed by atoms with Crippen molar-refractivity contribution in [2.75, 3.05) is 6.54 Å². The first-order chi connectivity index (χ1) is 6.85. The van der Waals surface area contributed by atoms with Gasteiger partial charge in [-0.25, -0.2) is 4.79 Å². The molecule has 15 heavy (non-hydrogen) atoms. The third-order valence-electron chi connectivity index (χ3n) is 2.34. The van der Waals surface area contributed by atoms with E-state index in [9.17, 15) is 4.79 Å². The van der Waals surface area contributed by atoms with E-state index in [-0.39, 0.29) is 18.1 Å². The Kier molecular flexibility index (Phi) is 3.67. The maximum atomic E-state index is 11.6. The molecule has 1 rings (SSSR count). The van der Waals surface area contributed by atoms with Gasteiger partial charge >= 0.3 is 6.09 Å². The summed E-state index contributed by atoms with van der Waals surface area (Å²) in [5.74, 6) is 3.26. The van der Waals surface area contributed by atoms with E-state index in [1.807, 2.05) is 27.7 Å². The van der Waals surface area contributed by atoms with Gasteiger partial charge in [0.15, 0.2) is 0 Å². The molecule has 0 saturated carbocycles. The van der Waals surface area contributed by atoms with Crippen LogP contribution in [0.1, 0.15) is 27.7 Å². The quantitative estimate of drug-likeness (QED) is 0.635. The number of likely N-dealkylation sites (tertiary alicyclic amines) is 1. The lowest BCUT2D eigenvalue weighted by atomic mass is 9.91. The number of hydrogen-bond acceptors (Lipinski definition) is 2. The number of rotatable bonds is 0. The van der Waals surface area contributed by atoms with Crippen molar-refractivity contribution in [3.05, 3.63) is 0 Å². The van der Waals surface area contributed by atoms with Crippen LogP contribution in [-0.4, -0.2) is 29.2 Å². The zero-order valence-corrected chi connectivity index (χ0v) is 11.1. The van der Waals surface area contributed by atoms with E-state index >= 15 is 0 Å². The van der Waals surface area contributed by atoms with E-state index in [2.05, 4.69) is 26.7 Å². The first kappa shape index (κ1) is 12.4. The smallest absolute Gasteiger partial charge is 0.410 e. The molecule has 0 radical (unpaired) electrons. The number of halogens is 1. The molecule has 84 valence electrons. The van der Waals surface area contributed by atoms with Gasteiger partial charge < -0.3 is 9.64 Å². The van der Waals surface area contributed by atoms with E-state index in [1.54, 1.807) is 4.90 Å². The van der Waals surface area contributed by atoms with Gasteiger partial charge in [-0.2, -0.15) is 0 Å². The minimum absolute atomic E-state index is 0.143. The van der Waals surface area contributed by atoms with Crippen LogP contribution in [0.2, 0.25) is 0 Å². The second-order valence-electron chi connectivity index (χ2n) is 4.72. The Labute approximate surface area is 99.3 Å². The number of ether oxygens (including phenoxy) is 1. The highest BCUT2D eigenvalue weighted by Gasteiger charge is 2.39. The summed E-state index contributed by atoms with van der Waals surface area (Å²) in [6.07, 6.45) is -0.248. The summed E-state index contributed by atoms with van der Waals surface area (Å²) in [5.41, 5.74) is -0.428. The summed E-state index contributed by atoms with van der Waals surface area (Å²) in [7, 11) is 0. The molecule has 1 amide bonds. The van der Waals surface area contributed by atoms with Crippen LogP contribution in [0.15, 0.2) is 0 Å². The number of carbonyl (C=O) groups is 1. The van der Waals surface area contributed by atoms with Crippen molar-refractivity contribution >= 4 is 22.0 Å². The van der Waals surface area contributed by atoms with Crippen molar-refractivity contribution < 1.29 is 9.53 Å². The average molecular weight is 274 g/mol. The minimum Gasteiger partial charge on any atom is -0.444 e. The summed E-state index contributed by atoms with van der Waals surface area (Å²) >= 11 is 3.06. The molecule has 0 aliphatic carbocycles. The molecule has 4 heteroatoms. The number of carbonyl (C=O) groups excluding carboxylic acids is 1. The highest BCUT2D eigenvalue weighted by molar-refractivity contribution is 9.12. The third-order valence-corrected chi connectivity index (χ3v) is 2.56. The molecule has 1 aliphatic rings. The maximum Gasteiger partial charge on any atom is 0.410 e. The second kappa shape index (κ2) is 4.44. The summed E-state index contributed by atoms with van der Waals surface area (Å²) in [6.45, 7) is 8.24. The molecule has 1 heterocycles. The highest BCUT2D eigenvalue weighted by Crippen LogP contribution is 2.26. The van der Waals surface area contributed by atoms with E-state index in [0.29, 0.717) is 6.54 Å². The van der Waals surface area contributed by atoms with E-state index in [4.69, 9.17) is 4.74 Å². The molecular weight excluding hydrogens is 258 g/mol. The fourth-order valence-corrected chi connectivity index (χ4v) is 1.70. The normalized spacial score (nSPS) is 25.0. The second-order valence-corrected chi connectivity index (χ2v) is 5.12. The maximum absolute atomic E-state index is 11.6. The zero-order valence-electron chi connectivity index (χ0n) is 9.50. The molecule has 0 aromatic rings. The van der Waals surface area contributed by atoms with Crippen LogP contribution in [0.4, 0.5) is 4.79 Å². The molecule has 0 spiro atoms. The van der Waals surface area contributed by atoms with Gasteiger partial charge in [-0.1, -0.05) is 5.92 Å². The Morgan fingerprint density at radius 3 is 2.53 bits per heavy atom.